The van der Waals surface area contributed by atoms with Crippen molar-refractivity contribution in [2.75, 3.05) is 57.4 Å². The normalized spacial score (nSPS) is 10.7. The number of nitrogens with one attached hydrogen (secondary N) is 3. The van der Waals surface area contributed by atoms with Crippen LogP contribution < -0.4 is 27.4 Å². The molecule has 0 unspecified atom stereocenters. The van der Waals surface area contributed by atoms with Crippen LogP contribution in [0.2, 0.25) is 0 Å². The van der Waals surface area contributed by atoms with Gasteiger partial charge in [-0.05, 0) is 70.5 Å². The number of carbonyl (C=O) groups is 1. The Labute approximate surface area is 155 Å². The zero-order chi connectivity index (χ0) is 19.2. The number of nitrogen functional groups attached to an aromatic ring is 1. The molecule has 8 heteroatoms. The van der Waals surface area contributed by atoms with Crippen molar-refractivity contribution >= 4 is 17.3 Å². The fourth-order valence-corrected chi connectivity index (χ4v) is 2.43. The lowest BCUT2D eigenvalue weighted by molar-refractivity contribution is 0.0601. The molecule has 0 aliphatic heterocycles. The fraction of sp³-hybridized carbons (Fsp3) is 0.611. The summed E-state index contributed by atoms with van der Waals surface area (Å²) in [5.41, 5.74) is 11.7. The first kappa shape index (κ1) is 22.1. The van der Waals surface area contributed by atoms with Gasteiger partial charge in [0, 0.05) is 12.2 Å². The van der Waals surface area contributed by atoms with Gasteiger partial charge in [0.15, 0.2) is 0 Å². The van der Waals surface area contributed by atoms with Gasteiger partial charge in [-0.3, -0.25) is 0 Å². The Hall–Kier alpha value is -1.90. The molecular weight excluding hydrogens is 337 g/mol. The quantitative estimate of drug-likeness (QED) is 0.191. The molecule has 0 spiro atoms. The first-order chi connectivity index (χ1) is 12.6. The number of halogens is 1. The van der Waals surface area contributed by atoms with E-state index >= 15 is 0 Å². The minimum atomic E-state index is -0.647. The molecule has 0 aliphatic carbocycles. The van der Waals surface area contributed by atoms with Crippen molar-refractivity contribution in [3.63, 3.8) is 0 Å². The van der Waals surface area contributed by atoms with Crippen LogP contribution in [0.4, 0.5) is 15.8 Å². The van der Waals surface area contributed by atoms with Gasteiger partial charge in [0.05, 0.1) is 18.4 Å². The Kier molecular flexibility index (Phi) is 11.3. The van der Waals surface area contributed by atoms with Gasteiger partial charge in [-0.25, -0.2) is 9.18 Å². The smallest absolute Gasteiger partial charge is 0.340 e. The predicted octanol–water partition coefficient (Wildman–Crippen LogP) is 1.30. The highest BCUT2D eigenvalue weighted by molar-refractivity contribution is 5.95. The molecule has 0 saturated carbocycles. The standard InChI is InChI=1S/C18H32FN5O2/c1-26-18(25)14-12-15(19)17(13-16(14)21)24-11-5-10-23-8-3-2-7-22-9-4-6-20/h12-13,22-24H,2-11,20-21H2,1H3. The topological polar surface area (TPSA) is 114 Å². The maximum absolute atomic E-state index is 14.0. The Morgan fingerprint density at radius 1 is 1.04 bits per heavy atom. The van der Waals surface area contributed by atoms with E-state index in [9.17, 15) is 9.18 Å². The van der Waals surface area contributed by atoms with Crippen LogP contribution in [0.3, 0.4) is 0 Å². The number of hydrogen-bond acceptors (Lipinski definition) is 7. The summed E-state index contributed by atoms with van der Waals surface area (Å²) in [6, 6.07) is 2.52. The van der Waals surface area contributed by atoms with Crippen molar-refractivity contribution < 1.29 is 13.9 Å². The van der Waals surface area contributed by atoms with E-state index in [4.69, 9.17) is 11.5 Å². The van der Waals surface area contributed by atoms with E-state index in [-0.39, 0.29) is 11.3 Å². The summed E-state index contributed by atoms with van der Waals surface area (Å²) in [5.74, 6) is -1.17. The molecule has 7 nitrogen and oxygen atoms in total. The third kappa shape index (κ3) is 8.46. The van der Waals surface area contributed by atoms with Gasteiger partial charge in [-0.2, -0.15) is 0 Å². The Morgan fingerprint density at radius 2 is 1.65 bits per heavy atom. The van der Waals surface area contributed by atoms with Gasteiger partial charge in [0.25, 0.3) is 0 Å². The number of carbonyl (C=O) groups excluding carboxylic acids is 1. The molecule has 26 heavy (non-hydrogen) atoms. The van der Waals surface area contributed by atoms with E-state index in [0.29, 0.717) is 12.2 Å². The van der Waals surface area contributed by atoms with Gasteiger partial charge >= 0.3 is 5.97 Å². The highest BCUT2D eigenvalue weighted by atomic mass is 19.1. The zero-order valence-electron chi connectivity index (χ0n) is 15.6. The van der Waals surface area contributed by atoms with Crippen molar-refractivity contribution in [2.45, 2.75) is 25.7 Å². The summed E-state index contributed by atoms with van der Waals surface area (Å²) in [7, 11) is 1.23. The minimum absolute atomic E-state index is 0.0368. The van der Waals surface area contributed by atoms with Crippen molar-refractivity contribution in [3.8, 4) is 0 Å². The number of esters is 1. The maximum atomic E-state index is 14.0. The lowest BCUT2D eigenvalue weighted by Crippen LogP contribution is -2.22. The van der Waals surface area contributed by atoms with Crippen LogP contribution in [0.5, 0.6) is 0 Å². The number of benzene rings is 1. The molecule has 0 atom stereocenters. The molecule has 0 bridgehead atoms. The average Bonchev–Trinajstić information content (AvgIpc) is 2.64. The molecule has 1 aromatic rings. The summed E-state index contributed by atoms with van der Waals surface area (Å²) < 4.78 is 18.6. The Bertz CT molecular complexity index is 543. The Morgan fingerprint density at radius 3 is 2.27 bits per heavy atom. The molecule has 0 aliphatic rings. The molecule has 0 saturated heterocycles. The van der Waals surface area contributed by atoms with E-state index < -0.39 is 11.8 Å². The lowest BCUT2D eigenvalue weighted by Gasteiger charge is -2.11. The van der Waals surface area contributed by atoms with Gasteiger partial charge in [-0.1, -0.05) is 0 Å². The van der Waals surface area contributed by atoms with Crippen LogP contribution in [-0.2, 0) is 4.74 Å². The van der Waals surface area contributed by atoms with E-state index in [1.807, 2.05) is 0 Å². The third-order valence-corrected chi connectivity index (χ3v) is 3.91. The van der Waals surface area contributed by atoms with Crippen molar-refractivity contribution in [1.82, 2.24) is 10.6 Å². The molecule has 0 fully saturated rings. The van der Waals surface area contributed by atoms with Gasteiger partial charge in [0.1, 0.15) is 5.82 Å². The van der Waals surface area contributed by atoms with E-state index in [1.54, 1.807) is 0 Å². The number of nitrogens with two attached hydrogens (primary N) is 2. The molecule has 1 rings (SSSR count). The van der Waals surface area contributed by atoms with E-state index in [1.165, 1.54) is 13.2 Å². The predicted molar refractivity (Wildman–Crippen MR) is 104 cm³/mol. The number of unbranched alkanes of at least 4 members (excludes halogenated alkanes) is 1. The van der Waals surface area contributed by atoms with Crippen molar-refractivity contribution in [3.05, 3.63) is 23.5 Å². The SMILES string of the molecule is COC(=O)c1cc(F)c(NCCCNCCCCNCCCN)cc1N. The van der Waals surface area contributed by atoms with Crippen LogP contribution in [0.1, 0.15) is 36.0 Å². The first-order valence-corrected chi connectivity index (χ1v) is 9.12. The van der Waals surface area contributed by atoms with Gasteiger partial charge < -0.3 is 32.2 Å². The second kappa shape index (κ2) is 13.3. The second-order valence-corrected chi connectivity index (χ2v) is 6.04. The number of rotatable bonds is 14. The molecule has 0 aromatic heterocycles. The number of anilines is 2. The van der Waals surface area contributed by atoms with Gasteiger partial charge in [0.2, 0.25) is 0 Å². The summed E-state index contributed by atoms with van der Waals surface area (Å²) in [6.07, 6.45) is 4.12. The van der Waals surface area contributed by atoms with Crippen LogP contribution >= 0.6 is 0 Å². The second-order valence-electron chi connectivity index (χ2n) is 6.04. The molecule has 0 radical (unpaired) electrons. The largest absolute Gasteiger partial charge is 0.465 e. The summed E-state index contributed by atoms with van der Waals surface area (Å²) in [4.78, 5) is 11.5. The number of ether oxygens (including phenoxy) is 1. The molecule has 7 N–H and O–H groups in total. The van der Waals surface area contributed by atoms with Crippen LogP contribution in [0.25, 0.3) is 0 Å². The first-order valence-electron chi connectivity index (χ1n) is 9.12. The number of hydrogen-bond donors (Lipinski definition) is 5. The van der Waals surface area contributed by atoms with Gasteiger partial charge in [-0.15, -0.1) is 0 Å². The van der Waals surface area contributed by atoms with E-state index in [2.05, 4.69) is 20.7 Å². The Balaban J connectivity index is 2.13. The van der Waals surface area contributed by atoms with Crippen LogP contribution in [0.15, 0.2) is 12.1 Å². The van der Waals surface area contributed by atoms with Crippen LogP contribution in [-0.4, -0.2) is 52.3 Å². The number of methoxy groups -OCH3 is 1. The molecular formula is C18H32FN5O2. The maximum Gasteiger partial charge on any atom is 0.340 e. The molecule has 0 amide bonds. The summed E-state index contributed by atoms with van der Waals surface area (Å²) >= 11 is 0. The molecule has 0 heterocycles. The highest BCUT2D eigenvalue weighted by Gasteiger charge is 2.14. The summed E-state index contributed by atoms with van der Waals surface area (Å²) in [6.45, 7) is 5.16. The minimum Gasteiger partial charge on any atom is -0.465 e. The zero-order valence-corrected chi connectivity index (χ0v) is 15.6. The molecule has 1 aromatic carbocycles. The van der Waals surface area contributed by atoms with Crippen molar-refractivity contribution in [1.29, 1.82) is 0 Å². The van der Waals surface area contributed by atoms with Crippen LogP contribution in [0, 0.1) is 5.82 Å². The monoisotopic (exact) mass is 369 g/mol. The lowest BCUT2D eigenvalue weighted by atomic mass is 10.1. The molecule has 148 valence electrons. The summed E-state index contributed by atoms with van der Waals surface area (Å²) in [5, 5.41) is 9.71. The fourth-order valence-electron chi connectivity index (χ4n) is 2.43. The highest BCUT2D eigenvalue weighted by Crippen LogP contribution is 2.22. The third-order valence-electron chi connectivity index (χ3n) is 3.91. The van der Waals surface area contributed by atoms with Crippen molar-refractivity contribution in [2.24, 2.45) is 5.73 Å². The average molecular weight is 369 g/mol. The van der Waals surface area contributed by atoms with E-state index in [0.717, 1.165) is 64.5 Å².